The zero-order valence-corrected chi connectivity index (χ0v) is 12.4. The SMILES string of the molecule is COc1cccc2cc(C(=O)NCCc3cc(C)no3)oc12. The fourth-order valence-corrected chi connectivity index (χ4v) is 2.23. The fourth-order valence-electron chi connectivity index (χ4n) is 2.23. The topological polar surface area (TPSA) is 77.5 Å². The largest absolute Gasteiger partial charge is 0.493 e. The van der Waals surface area contributed by atoms with Crippen LogP contribution in [0.25, 0.3) is 11.0 Å². The van der Waals surface area contributed by atoms with Gasteiger partial charge in [-0.05, 0) is 19.1 Å². The Morgan fingerprint density at radius 1 is 1.36 bits per heavy atom. The zero-order valence-electron chi connectivity index (χ0n) is 12.4. The van der Waals surface area contributed by atoms with E-state index in [1.165, 1.54) is 0 Å². The molecule has 0 radical (unpaired) electrons. The summed E-state index contributed by atoms with van der Waals surface area (Å²) in [6.07, 6.45) is 0.579. The van der Waals surface area contributed by atoms with Gasteiger partial charge in [0.15, 0.2) is 17.1 Å². The van der Waals surface area contributed by atoms with Crippen molar-refractivity contribution in [1.29, 1.82) is 0 Å². The summed E-state index contributed by atoms with van der Waals surface area (Å²) >= 11 is 0. The summed E-state index contributed by atoms with van der Waals surface area (Å²) in [6.45, 7) is 2.30. The lowest BCUT2D eigenvalue weighted by atomic mass is 10.2. The molecule has 114 valence electrons. The van der Waals surface area contributed by atoms with Crippen LogP contribution in [-0.4, -0.2) is 24.7 Å². The Labute approximate surface area is 127 Å². The third-order valence-corrected chi connectivity index (χ3v) is 3.29. The van der Waals surface area contributed by atoms with Gasteiger partial charge in [0.1, 0.15) is 5.76 Å². The van der Waals surface area contributed by atoms with Gasteiger partial charge in [-0.3, -0.25) is 4.79 Å². The van der Waals surface area contributed by atoms with E-state index in [9.17, 15) is 4.79 Å². The van der Waals surface area contributed by atoms with E-state index in [2.05, 4.69) is 10.5 Å². The number of methoxy groups -OCH3 is 1. The number of nitrogens with one attached hydrogen (secondary N) is 1. The van der Waals surface area contributed by atoms with Gasteiger partial charge in [-0.1, -0.05) is 17.3 Å². The van der Waals surface area contributed by atoms with E-state index in [0.29, 0.717) is 24.3 Å². The van der Waals surface area contributed by atoms with Gasteiger partial charge in [0.05, 0.1) is 12.8 Å². The normalized spacial score (nSPS) is 10.8. The molecular weight excluding hydrogens is 284 g/mol. The first kappa shape index (κ1) is 14.2. The number of rotatable bonds is 5. The average Bonchev–Trinajstić information content (AvgIpc) is 3.12. The summed E-state index contributed by atoms with van der Waals surface area (Å²) in [6, 6.07) is 9.06. The molecule has 0 aliphatic carbocycles. The molecule has 1 aromatic carbocycles. The molecule has 0 saturated heterocycles. The number of amides is 1. The monoisotopic (exact) mass is 300 g/mol. The van der Waals surface area contributed by atoms with Crippen LogP contribution in [0.3, 0.4) is 0 Å². The number of carbonyl (C=O) groups excluding carboxylic acids is 1. The van der Waals surface area contributed by atoms with Crippen LogP contribution in [0.5, 0.6) is 5.75 Å². The molecule has 0 atom stereocenters. The van der Waals surface area contributed by atoms with Crippen molar-refractivity contribution in [3.63, 3.8) is 0 Å². The number of para-hydroxylation sites is 1. The van der Waals surface area contributed by atoms with Gasteiger partial charge in [0, 0.05) is 24.4 Å². The number of hydrogen-bond donors (Lipinski definition) is 1. The first-order chi connectivity index (χ1) is 10.7. The Kier molecular flexibility index (Phi) is 3.82. The van der Waals surface area contributed by atoms with Crippen molar-refractivity contribution >= 4 is 16.9 Å². The number of fused-ring (bicyclic) bond motifs is 1. The Bertz CT molecular complexity index is 803. The van der Waals surface area contributed by atoms with Gasteiger partial charge >= 0.3 is 0 Å². The van der Waals surface area contributed by atoms with Gasteiger partial charge in [-0.15, -0.1) is 0 Å². The number of furan rings is 1. The van der Waals surface area contributed by atoms with Crippen LogP contribution in [0.15, 0.2) is 39.3 Å². The van der Waals surface area contributed by atoms with E-state index in [1.807, 2.05) is 25.1 Å². The van der Waals surface area contributed by atoms with E-state index in [4.69, 9.17) is 13.7 Å². The molecule has 1 N–H and O–H groups in total. The Morgan fingerprint density at radius 2 is 2.23 bits per heavy atom. The Balaban J connectivity index is 1.67. The third-order valence-electron chi connectivity index (χ3n) is 3.29. The van der Waals surface area contributed by atoms with Crippen LogP contribution < -0.4 is 10.1 Å². The molecule has 3 aromatic rings. The minimum absolute atomic E-state index is 0.258. The molecule has 6 heteroatoms. The highest BCUT2D eigenvalue weighted by molar-refractivity contribution is 5.97. The highest BCUT2D eigenvalue weighted by Crippen LogP contribution is 2.28. The second-order valence-corrected chi connectivity index (χ2v) is 4.93. The molecule has 0 aliphatic rings. The summed E-state index contributed by atoms with van der Waals surface area (Å²) in [5.41, 5.74) is 1.40. The highest BCUT2D eigenvalue weighted by Gasteiger charge is 2.14. The van der Waals surface area contributed by atoms with Crippen LogP contribution in [0.4, 0.5) is 0 Å². The summed E-state index contributed by atoms with van der Waals surface area (Å²) in [5, 5.41) is 7.42. The van der Waals surface area contributed by atoms with Crippen molar-refractivity contribution in [3.8, 4) is 5.75 Å². The van der Waals surface area contributed by atoms with E-state index >= 15 is 0 Å². The maximum Gasteiger partial charge on any atom is 0.287 e. The summed E-state index contributed by atoms with van der Waals surface area (Å²) in [7, 11) is 1.57. The number of carbonyl (C=O) groups is 1. The van der Waals surface area contributed by atoms with Crippen LogP contribution >= 0.6 is 0 Å². The number of ether oxygens (including phenoxy) is 1. The first-order valence-electron chi connectivity index (χ1n) is 6.94. The number of aryl methyl sites for hydroxylation is 1. The van der Waals surface area contributed by atoms with Crippen LogP contribution in [0.1, 0.15) is 22.0 Å². The molecule has 0 saturated carbocycles. The maximum absolute atomic E-state index is 12.1. The van der Waals surface area contributed by atoms with Crippen molar-refractivity contribution in [2.24, 2.45) is 0 Å². The number of hydrogen-bond acceptors (Lipinski definition) is 5. The minimum atomic E-state index is -0.269. The van der Waals surface area contributed by atoms with Crippen LogP contribution in [0, 0.1) is 6.92 Å². The summed E-state index contributed by atoms with van der Waals surface area (Å²) < 4.78 is 15.9. The molecule has 3 rings (SSSR count). The van der Waals surface area contributed by atoms with E-state index in [0.717, 1.165) is 16.8 Å². The molecule has 22 heavy (non-hydrogen) atoms. The number of aromatic nitrogens is 1. The van der Waals surface area contributed by atoms with E-state index in [-0.39, 0.29) is 11.7 Å². The van der Waals surface area contributed by atoms with Crippen molar-refractivity contribution in [1.82, 2.24) is 10.5 Å². The first-order valence-corrected chi connectivity index (χ1v) is 6.94. The quantitative estimate of drug-likeness (QED) is 0.784. The summed E-state index contributed by atoms with van der Waals surface area (Å²) in [4.78, 5) is 12.1. The standard InChI is InChI=1S/C16H16N2O4/c1-10-8-12(22-18-10)6-7-17-16(19)14-9-11-4-3-5-13(20-2)15(11)21-14/h3-5,8-9H,6-7H2,1-2H3,(H,17,19). The molecular formula is C16H16N2O4. The van der Waals surface area contributed by atoms with Gasteiger partial charge in [-0.2, -0.15) is 0 Å². The second kappa shape index (κ2) is 5.93. The van der Waals surface area contributed by atoms with Crippen molar-refractivity contribution < 1.29 is 18.5 Å². The number of nitrogens with zero attached hydrogens (tertiary/aromatic N) is 1. The lowest BCUT2D eigenvalue weighted by Crippen LogP contribution is -2.25. The molecule has 2 heterocycles. The van der Waals surface area contributed by atoms with Gasteiger partial charge < -0.3 is 19.0 Å². The Morgan fingerprint density at radius 3 is 2.95 bits per heavy atom. The smallest absolute Gasteiger partial charge is 0.287 e. The molecule has 6 nitrogen and oxygen atoms in total. The number of benzene rings is 1. The molecule has 0 aliphatic heterocycles. The third kappa shape index (κ3) is 2.81. The van der Waals surface area contributed by atoms with Crippen molar-refractivity contribution in [2.75, 3.05) is 13.7 Å². The second-order valence-electron chi connectivity index (χ2n) is 4.93. The molecule has 2 aromatic heterocycles. The van der Waals surface area contributed by atoms with Crippen LogP contribution in [-0.2, 0) is 6.42 Å². The van der Waals surface area contributed by atoms with Crippen molar-refractivity contribution in [3.05, 3.63) is 47.5 Å². The molecule has 0 unspecified atom stereocenters. The zero-order chi connectivity index (χ0) is 15.5. The average molecular weight is 300 g/mol. The highest BCUT2D eigenvalue weighted by atomic mass is 16.5. The molecule has 0 spiro atoms. The van der Waals surface area contributed by atoms with Gasteiger partial charge in [0.25, 0.3) is 5.91 Å². The summed E-state index contributed by atoms with van der Waals surface area (Å²) in [5.74, 6) is 1.33. The van der Waals surface area contributed by atoms with Crippen molar-refractivity contribution in [2.45, 2.75) is 13.3 Å². The molecule has 0 fully saturated rings. The van der Waals surface area contributed by atoms with E-state index < -0.39 is 0 Å². The lowest BCUT2D eigenvalue weighted by Gasteiger charge is -2.01. The van der Waals surface area contributed by atoms with Crippen LogP contribution in [0.2, 0.25) is 0 Å². The predicted octanol–water partition coefficient (Wildman–Crippen LogP) is 2.71. The predicted molar refractivity (Wildman–Crippen MR) is 80.0 cm³/mol. The van der Waals surface area contributed by atoms with Gasteiger partial charge in [-0.25, -0.2) is 0 Å². The maximum atomic E-state index is 12.1. The molecule has 1 amide bonds. The lowest BCUT2D eigenvalue weighted by molar-refractivity contribution is 0.0928. The van der Waals surface area contributed by atoms with Gasteiger partial charge in [0.2, 0.25) is 0 Å². The molecule has 0 bridgehead atoms. The Hall–Kier alpha value is -2.76. The fraction of sp³-hybridized carbons (Fsp3) is 0.250. The minimum Gasteiger partial charge on any atom is -0.493 e. The van der Waals surface area contributed by atoms with E-state index in [1.54, 1.807) is 19.2 Å².